The van der Waals surface area contributed by atoms with Crippen molar-refractivity contribution in [3.05, 3.63) is 18.0 Å². The highest BCUT2D eigenvalue weighted by Crippen LogP contribution is 2.25. The summed E-state index contributed by atoms with van der Waals surface area (Å²) < 4.78 is 28.8. The molecular formula is C18H32N6O2S. The summed E-state index contributed by atoms with van der Waals surface area (Å²) in [5.74, 6) is 1.96. The number of likely N-dealkylation sites (tertiary alicyclic amines) is 1. The maximum absolute atomic E-state index is 12.1. The Morgan fingerprint density at radius 1 is 1.33 bits per heavy atom. The first-order chi connectivity index (χ1) is 12.9. The fraction of sp³-hybridized carbons (Fsp3) is 0.778. The van der Waals surface area contributed by atoms with Gasteiger partial charge in [0.1, 0.15) is 0 Å². The molecule has 152 valence electrons. The van der Waals surface area contributed by atoms with E-state index in [0.717, 1.165) is 44.7 Å². The van der Waals surface area contributed by atoms with Crippen LogP contribution in [0.1, 0.15) is 31.2 Å². The Bertz CT molecular complexity index is 741. The average Bonchev–Trinajstić information content (AvgIpc) is 3.19. The minimum Gasteiger partial charge on any atom is -0.355 e. The Hall–Kier alpha value is -1.61. The van der Waals surface area contributed by atoms with Gasteiger partial charge in [-0.3, -0.25) is 9.67 Å². The molecule has 1 atom stereocenters. The van der Waals surface area contributed by atoms with Gasteiger partial charge in [0, 0.05) is 46.5 Å². The van der Waals surface area contributed by atoms with Crippen LogP contribution in [-0.4, -0.2) is 68.0 Å². The Morgan fingerprint density at radius 3 is 2.78 bits per heavy atom. The van der Waals surface area contributed by atoms with E-state index in [-0.39, 0.29) is 5.75 Å². The number of aliphatic imine (C=N–C) groups is 1. The fourth-order valence-electron chi connectivity index (χ4n) is 3.75. The van der Waals surface area contributed by atoms with Crippen LogP contribution in [0.5, 0.6) is 0 Å². The van der Waals surface area contributed by atoms with Crippen molar-refractivity contribution >= 4 is 16.0 Å². The van der Waals surface area contributed by atoms with Gasteiger partial charge in [-0.2, -0.15) is 5.10 Å². The Kier molecular flexibility index (Phi) is 6.75. The summed E-state index contributed by atoms with van der Waals surface area (Å²) in [6, 6.07) is 0. The lowest BCUT2D eigenvalue weighted by molar-refractivity contribution is 0.316. The second kappa shape index (κ2) is 9.05. The smallest absolute Gasteiger partial charge is 0.213 e. The molecule has 1 unspecified atom stereocenters. The molecule has 27 heavy (non-hydrogen) atoms. The Morgan fingerprint density at radius 2 is 2.15 bits per heavy atom. The second-order valence-corrected chi connectivity index (χ2v) is 9.69. The van der Waals surface area contributed by atoms with Gasteiger partial charge in [0.15, 0.2) is 5.96 Å². The molecular weight excluding hydrogens is 364 g/mol. The second-order valence-electron chi connectivity index (χ2n) is 7.77. The number of sulfonamides is 1. The van der Waals surface area contributed by atoms with Crippen LogP contribution in [0.15, 0.2) is 17.4 Å². The van der Waals surface area contributed by atoms with Crippen LogP contribution in [0, 0.1) is 11.8 Å². The van der Waals surface area contributed by atoms with Gasteiger partial charge in [-0.05, 0) is 43.1 Å². The largest absolute Gasteiger partial charge is 0.355 e. The summed E-state index contributed by atoms with van der Waals surface area (Å²) in [5.41, 5.74) is 1.26. The van der Waals surface area contributed by atoms with Gasteiger partial charge in [0.2, 0.25) is 10.0 Å². The van der Waals surface area contributed by atoms with E-state index in [1.807, 2.05) is 17.9 Å². The van der Waals surface area contributed by atoms with Gasteiger partial charge < -0.3 is 10.2 Å². The van der Waals surface area contributed by atoms with Gasteiger partial charge in [0.05, 0.1) is 11.9 Å². The topological polar surface area (TPSA) is 91.6 Å². The molecule has 2 N–H and O–H groups in total. The lowest BCUT2D eigenvalue weighted by atomic mass is 9.86. The van der Waals surface area contributed by atoms with Gasteiger partial charge in [-0.15, -0.1) is 0 Å². The molecule has 0 amide bonds. The highest BCUT2D eigenvalue weighted by molar-refractivity contribution is 7.89. The first-order valence-electron chi connectivity index (χ1n) is 9.85. The van der Waals surface area contributed by atoms with E-state index in [1.165, 1.54) is 12.0 Å². The summed E-state index contributed by atoms with van der Waals surface area (Å²) in [5, 5.41) is 7.44. The van der Waals surface area contributed by atoms with Crippen molar-refractivity contribution < 1.29 is 8.42 Å². The van der Waals surface area contributed by atoms with Crippen molar-refractivity contribution in [2.75, 3.05) is 39.0 Å². The third-order valence-corrected chi connectivity index (χ3v) is 6.90. The maximum atomic E-state index is 12.1. The lowest BCUT2D eigenvalue weighted by Crippen LogP contribution is -2.43. The van der Waals surface area contributed by atoms with Crippen molar-refractivity contribution in [3.63, 3.8) is 0 Å². The zero-order valence-electron chi connectivity index (χ0n) is 16.4. The zero-order chi connectivity index (χ0) is 19.3. The van der Waals surface area contributed by atoms with E-state index in [2.05, 4.69) is 31.2 Å². The van der Waals surface area contributed by atoms with E-state index in [4.69, 9.17) is 0 Å². The van der Waals surface area contributed by atoms with Crippen molar-refractivity contribution in [2.45, 2.75) is 32.1 Å². The highest BCUT2D eigenvalue weighted by Gasteiger charge is 2.26. The molecule has 0 radical (unpaired) electrons. The molecule has 1 aromatic rings. The minimum absolute atomic E-state index is 0.0751. The first-order valence-corrected chi connectivity index (χ1v) is 11.5. The quantitative estimate of drug-likeness (QED) is 0.495. The van der Waals surface area contributed by atoms with Crippen LogP contribution in [0.25, 0.3) is 0 Å². The van der Waals surface area contributed by atoms with E-state index < -0.39 is 10.0 Å². The predicted octanol–water partition coefficient (Wildman–Crippen LogP) is 0.579. The summed E-state index contributed by atoms with van der Waals surface area (Å²) in [6.45, 7) is 2.83. The predicted molar refractivity (Wildman–Crippen MR) is 107 cm³/mol. The van der Waals surface area contributed by atoms with Crippen LogP contribution in [-0.2, 0) is 23.5 Å². The van der Waals surface area contributed by atoms with E-state index in [9.17, 15) is 8.42 Å². The van der Waals surface area contributed by atoms with Gasteiger partial charge in [0.25, 0.3) is 0 Å². The van der Waals surface area contributed by atoms with Crippen LogP contribution >= 0.6 is 0 Å². The van der Waals surface area contributed by atoms with E-state index in [1.54, 1.807) is 7.05 Å². The number of hydrogen-bond donors (Lipinski definition) is 2. The highest BCUT2D eigenvalue weighted by atomic mass is 32.2. The third-order valence-electron chi connectivity index (χ3n) is 5.55. The molecule has 2 aliphatic rings. The molecule has 8 nitrogen and oxygen atoms in total. The normalized spacial score (nSPS) is 21.5. The molecule has 0 spiro atoms. The van der Waals surface area contributed by atoms with E-state index >= 15 is 0 Å². The molecule has 9 heteroatoms. The molecule has 2 heterocycles. The van der Waals surface area contributed by atoms with Gasteiger partial charge in [-0.25, -0.2) is 13.1 Å². The number of nitrogens with one attached hydrogen (secondary N) is 2. The van der Waals surface area contributed by atoms with Crippen LogP contribution < -0.4 is 10.0 Å². The van der Waals surface area contributed by atoms with Gasteiger partial charge in [-0.1, -0.05) is 6.42 Å². The Labute approximate surface area is 162 Å². The molecule has 3 rings (SSSR count). The summed E-state index contributed by atoms with van der Waals surface area (Å²) >= 11 is 0. The van der Waals surface area contributed by atoms with Crippen LogP contribution in [0.4, 0.5) is 0 Å². The van der Waals surface area contributed by atoms with Crippen LogP contribution in [0.2, 0.25) is 0 Å². The average molecular weight is 397 g/mol. The maximum Gasteiger partial charge on any atom is 0.213 e. The number of rotatable bonds is 8. The molecule has 0 aromatic carbocycles. The zero-order valence-corrected chi connectivity index (χ0v) is 17.2. The van der Waals surface area contributed by atoms with Gasteiger partial charge >= 0.3 is 0 Å². The standard InChI is InChI=1S/C18H32N6O2S/c1-19-18(20-7-9-27(25,26)22-12-15-4-3-5-15)24-8-6-16(14-24)10-17-11-21-23(2)13-17/h11,13,15-16,22H,3-10,12,14H2,1-2H3,(H,19,20). The number of nitrogens with zero attached hydrogens (tertiary/aromatic N) is 4. The van der Waals surface area contributed by atoms with Crippen molar-refractivity contribution in [3.8, 4) is 0 Å². The van der Waals surface area contributed by atoms with Crippen molar-refractivity contribution in [2.24, 2.45) is 23.9 Å². The van der Waals surface area contributed by atoms with E-state index in [0.29, 0.717) is 24.9 Å². The number of aromatic nitrogens is 2. The number of aryl methyl sites for hydroxylation is 1. The summed E-state index contributed by atoms with van der Waals surface area (Å²) in [4.78, 5) is 6.55. The molecule has 1 saturated heterocycles. The molecule has 1 aliphatic carbocycles. The molecule has 0 bridgehead atoms. The van der Waals surface area contributed by atoms with Crippen LogP contribution in [0.3, 0.4) is 0 Å². The fourth-order valence-corrected chi connectivity index (χ4v) is 4.75. The summed E-state index contributed by atoms with van der Waals surface area (Å²) in [7, 11) is 0.461. The lowest BCUT2D eigenvalue weighted by Gasteiger charge is -2.25. The molecule has 1 aromatic heterocycles. The number of hydrogen-bond acceptors (Lipinski definition) is 4. The van der Waals surface area contributed by atoms with Crippen molar-refractivity contribution in [1.82, 2.24) is 24.7 Å². The molecule has 1 aliphatic heterocycles. The SMILES string of the molecule is CN=C(NCCS(=O)(=O)NCC1CCC1)N1CCC(Cc2cnn(C)c2)C1. The summed E-state index contributed by atoms with van der Waals surface area (Å²) in [6.07, 6.45) is 9.62. The third kappa shape index (κ3) is 5.93. The Balaban J connectivity index is 1.39. The first kappa shape index (κ1) is 20.1. The molecule has 2 fully saturated rings. The minimum atomic E-state index is -3.22. The monoisotopic (exact) mass is 396 g/mol. The molecule has 1 saturated carbocycles. The number of guanidine groups is 1. The van der Waals surface area contributed by atoms with Crippen molar-refractivity contribution in [1.29, 1.82) is 0 Å².